The largest absolute Gasteiger partial charge is 0.513 e. The van der Waals surface area contributed by atoms with Crippen molar-refractivity contribution in [2.24, 2.45) is 0 Å². The normalized spacial score (nSPS) is 11.8. The van der Waals surface area contributed by atoms with Crippen LogP contribution in [-0.2, 0) is 62.3 Å². The molecule has 0 atom stereocenters. The Hall–Kier alpha value is -8.45. The number of nitrogens with two attached hydrogens (primary N) is 1. The van der Waals surface area contributed by atoms with Gasteiger partial charge >= 0.3 is 24.4 Å². The predicted octanol–water partition coefficient (Wildman–Crippen LogP) is 19.0. The summed E-state index contributed by atoms with van der Waals surface area (Å²) in [7, 11) is 3.78. The molecule has 0 saturated heterocycles. The summed E-state index contributed by atoms with van der Waals surface area (Å²) in [4.78, 5) is 70.0. The number of ether oxygens (including phenoxy) is 7. The number of methoxy groups -OCH3 is 3. The third kappa shape index (κ3) is 26.7. The summed E-state index contributed by atoms with van der Waals surface area (Å²) in [5.41, 5.74) is 13.5. The number of hydrogen-bond acceptors (Lipinski definition) is 16. The maximum atomic E-state index is 11.6. The zero-order chi connectivity index (χ0) is 74.0. The zero-order valence-corrected chi connectivity index (χ0v) is 62.2. The van der Waals surface area contributed by atoms with E-state index in [-0.39, 0.29) is 54.9 Å². The van der Waals surface area contributed by atoms with Gasteiger partial charge in [-0.05, 0) is 116 Å². The molecule has 0 radical (unpaired) electrons. The molecule has 0 aliphatic carbocycles. The number of aromatic carboxylic acids is 1. The molecule has 1 heterocycles. The van der Waals surface area contributed by atoms with Crippen molar-refractivity contribution in [1.82, 2.24) is 4.98 Å². The van der Waals surface area contributed by atoms with Gasteiger partial charge in [-0.3, -0.25) is 14.9 Å². The first-order chi connectivity index (χ1) is 43.1. The van der Waals surface area contributed by atoms with Crippen molar-refractivity contribution in [2.75, 3.05) is 40.3 Å². The molecule has 6 aromatic rings. The number of H-pyrrole nitrogens is 1. The van der Waals surface area contributed by atoms with Crippen LogP contribution in [0.1, 0.15) is 235 Å². The van der Waals surface area contributed by atoms with Gasteiger partial charge in [-0.2, -0.15) is 0 Å². The number of fused-ring (bicyclic) bond motifs is 1. The Balaban J connectivity index is 0.000000587. The van der Waals surface area contributed by atoms with Gasteiger partial charge in [0.15, 0.2) is 0 Å². The van der Waals surface area contributed by atoms with Crippen LogP contribution in [0, 0.1) is 10.1 Å². The van der Waals surface area contributed by atoms with E-state index in [4.69, 9.17) is 29.8 Å². The average molecular weight is 1320 g/mol. The Morgan fingerprint density at radius 1 is 0.484 bits per heavy atom. The second-order valence-corrected chi connectivity index (χ2v) is 30.8. The van der Waals surface area contributed by atoms with Gasteiger partial charge in [0.05, 0.1) is 32.3 Å². The number of nitrogen functional groups attached to an aromatic ring is 1. The minimum atomic E-state index is -1.21. The number of nitrogens with zero attached hydrogens (tertiary/aromatic N) is 1. The third-order valence-corrected chi connectivity index (χ3v) is 14.5. The highest BCUT2D eigenvalue weighted by Crippen LogP contribution is 2.43. The number of hydrogen-bond donors (Lipinski definition) is 4. The monoisotopic (exact) mass is 1320 g/mol. The number of carboxylic acids is 1. The van der Waals surface area contributed by atoms with E-state index in [9.17, 15) is 39.2 Å². The number of benzene rings is 5. The first-order valence-corrected chi connectivity index (χ1v) is 31.6. The molecule has 0 saturated carbocycles. The number of aromatic nitrogens is 1. The number of carboxylic acid groups (broad SMARTS) is 1. The first-order valence-electron chi connectivity index (χ1n) is 31.6. The molecule has 0 aliphatic heterocycles. The molecule has 0 fully saturated rings. The van der Waals surface area contributed by atoms with Crippen LogP contribution in [0.4, 0.5) is 25.8 Å². The van der Waals surface area contributed by atoms with Gasteiger partial charge in [0.25, 0.3) is 5.69 Å². The highest BCUT2D eigenvalue weighted by molar-refractivity contribution is 5.92. The van der Waals surface area contributed by atoms with E-state index in [0.717, 1.165) is 35.5 Å². The Morgan fingerprint density at radius 2 is 0.853 bits per heavy atom. The van der Waals surface area contributed by atoms with E-state index in [0.29, 0.717) is 45.0 Å². The van der Waals surface area contributed by atoms with Gasteiger partial charge in [0.1, 0.15) is 28.6 Å². The second-order valence-electron chi connectivity index (χ2n) is 30.8. The molecule has 0 spiro atoms. The number of para-hydroxylation sites is 1. The second kappa shape index (κ2) is 34.3. The van der Waals surface area contributed by atoms with Crippen molar-refractivity contribution in [3.05, 3.63) is 162 Å². The van der Waals surface area contributed by atoms with Crippen LogP contribution in [0.5, 0.6) is 23.0 Å². The summed E-state index contributed by atoms with van der Waals surface area (Å²) in [6, 6.07) is 25.5. The standard InChI is InChI=1S/C16H23NO5.C16H25NO3.C16H24O3.C14H22O.C10H7NO3.C4H10O/c1-15(2,3)10-8-11(16(4,5)6)13(22-14(18)21-7)9-12(10)17(19)20;1-15(2,3)10-8-11(16(4,5)6)13(9-12(10)17)20-14(18)19-7;1-15(2,3)11-8-9-13(19-14(17)18-7)12(10-11)16(4,5)6;1-13(2,3)10-7-8-12(15)11(9-10)14(4,5)6;12-9-6-3-1-2-4-8(6)11-5-7(9)10(13)14;1-3-5-4-2/h8-9H,1-7H3;8-9H,17H2,1-7H3;8-10H,1-7H3;7-9,15H,1-6H3;1-5H,(H,11,12)(H,13,14);3-4H2,1-2H3. The van der Waals surface area contributed by atoms with Crippen LogP contribution in [0.2, 0.25) is 0 Å². The highest BCUT2D eigenvalue weighted by Gasteiger charge is 2.33. The molecule has 1 aromatic heterocycles. The van der Waals surface area contributed by atoms with Gasteiger partial charge in [-0.15, -0.1) is 0 Å². The van der Waals surface area contributed by atoms with Crippen molar-refractivity contribution in [1.29, 1.82) is 0 Å². The number of phenols is 1. The molecule has 0 bridgehead atoms. The molecule has 6 rings (SSSR count). The van der Waals surface area contributed by atoms with E-state index in [1.165, 1.54) is 44.7 Å². The number of carbonyl (C=O) groups is 4. The number of pyridine rings is 1. The smallest absolute Gasteiger partial charge is 0.508 e. The van der Waals surface area contributed by atoms with Crippen molar-refractivity contribution >= 4 is 46.7 Å². The fourth-order valence-corrected chi connectivity index (χ4v) is 9.11. The van der Waals surface area contributed by atoms with Gasteiger partial charge in [0, 0.05) is 64.3 Å². The van der Waals surface area contributed by atoms with E-state index in [1.54, 1.807) is 42.5 Å². The minimum Gasteiger partial charge on any atom is -0.508 e. The summed E-state index contributed by atoms with van der Waals surface area (Å²) in [5, 5.41) is 30.3. The lowest BCUT2D eigenvalue weighted by Gasteiger charge is -2.28. The number of aromatic hydroxyl groups is 1. The van der Waals surface area contributed by atoms with Crippen molar-refractivity contribution in [3.8, 4) is 23.0 Å². The van der Waals surface area contributed by atoms with E-state index in [1.807, 2.05) is 79.7 Å². The molecular formula is C76H111N3O16. The lowest BCUT2D eigenvalue weighted by Crippen LogP contribution is -2.20. The van der Waals surface area contributed by atoms with Crippen LogP contribution in [0.25, 0.3) is 10.9 Å². The molecule has 0 aliphatic rings. The van der Waals surface area contributed by atoms with Crippen molar-refractivity contribution < 1.29 is 67.5 Å². The topological polar surface area (TPSA) is 275 Å². The molecule has 0 amide bonds. The maximum absolute atomic E-state index is 11.6. The van der Waals surface area contributed by atoms with Crippen LogP contribution in [0.15, 0.2) is 95.9 Å². The van der Waals surface area contributed by atoms with Crippen molar-refractivity contribution in [2.45, 2.75) is 223 Å². The number of nitro groups is 1. The summed E-state index contributed by atoms with van der Waals surface area (Å²) in [6.45, 7) is 55.4. The summed E-state index contributed by atoms with van der Waals surface area (Å²) in [6.07, 6.45) is -1.11. The Morgan fingerprint density at radius 3 is 1.22 bits per heavy atom. The Kier molecular flexibility index (Phi) is 30.5. The number of aromatic amines is 1. The molecule has 526 valence electrons. The predicted molar refractivity (Wildman–Crippen MR) is 381 cm³/mol. The number of phenolic OH excluding ortho intramolecular Hbond substituents is 1. The van der Waals surface area contributed by atoms with Crippen LogP contribution < -0.4 is 25.4 Å². The number of anilines is 1. The molecule has 95 heavy (non-hydrogen) atoms. The molecule has 0 unspecified atom stereocenters. The van der Waals surface area contributed by atoms with E-state index >= 15 is 0 Å². The highest BCUT2D eigenvalue weighted by atomic mass is 16.7. The van der Waals surface area contributed by atoms with Gasteiger partial charge < -0.3 is 54.1 Å². The fraction of sp³-hybridized carbons (Fsp3) is 0.513. The minimum absolute atomic E-state index is 0.00859. The lowest BCUT2D eigenvalue weighted by molar-refractivity contribution is -0.386. The quantitative estimate of drug-likeness (QED) is 0.0289. The SMILES string of the molecule is CC(C)(C)c1ccc(O)c(C(C)(C)C)c1.CCOCC.COC(=O)Oc1cc(N)c(C(C)(C)C)cc1C(C)(C)C.COC(=O)Oc1cc([N+](=O)[O-])c(C(C)(C)C)cc1C(C)(C)C.COC(=O)Oc1ccc(C(C)(C)C)cc1C(C)(C)C.O=C(O)c1c[nH]c2ccccc2c1=O. The molecular weight excluding hydrogens is 1210 g/mol. The molecule has 5 aromatic carbocycles. The van der Waals surface area contributed by atoms with Gasteiger partial charge in [-0.1, -0.05) is 203 Å². The van der Waals surface area contributed by atoms with Crippen molar-refractivity contribution in [3.63, 3.8) is 0 Å². The first kappa shape index (κ1) is 84.6. The van der Waals surface area contributed by atoms with E-state index in [2.05, 4.69) is 156 Å². The third-order valence-electron chi connectivity index (χ3n) is 14.5. The number of rotatable bonds is 7. The van der Waals surface area contributed by atoms with E-state index < -0.39 is 40.2 Å². The zero-order valence-electron chi connectivity index (χ0n) is 62.2. The Bertz CT molecular complexity index is 3620. The van der Waals surface area contributed by atoms with Gasteiger partial charge in [0.2, 0.25) is 5.43 Å². The van der Waals surface area contributed by atoms with Crippen LogP contribution in [0.3, 0.4) is 0 Å². The number of carbonyl (C=O) groups excluding carboxylic acids is 3. The maximum Gasteiger partial charge on any atom is 0.513 e. The molecule has 19 nitrogen and oxygen atoms in total. The average Bonchev–Trinajstić information content (AvgIpc) is 0.796. The van der Waals surface area contributed by atoms with Crippen LogP contribution >= 0.6 is 0 Å². The van der Waals surface area contributed by atoms with Crippen LogP contribution in [-0.4, -0.2) is 79.1 Å². The lowest BCUT2D eigenvalue weighted by atomic mass is 9.79. The molecule has 19 heteroatoms. The molecule has 5 N–H and O–H groups in total. The number of nitrogens with one attached hydrogen (secondary N) is 1. The van der Waals surface area contributed by atoms with Gasteiger partial charge in [-0.25, -0.2) is 19.2 Å². The summed E-state index contributed by atoms with van der Waals surface area (Å²) >= 11 is 0. The Labute approximate surface area is 564 Å². The summed E-state index contributed by atoms with van der Waals surface area (Å²) < 4.78 is 34.0. The summed E-state index contributed by atoms with van der Waals surface area (Å²) in [5.74, 6) is 0.355. The fourth-order valence-electron chi connectivity index (χ4n) is 9.11. The number of nitro benzene ring substituents is 1.